The number of rotatable bonds is 16. The molecule has 2 aromatic carbocycles. The van der Waals surface area contributed by atoms with Crippen molar-refractivity contribution >= 4 is 22.6 Å². The van der Waals surface area contributed by atoms with Crippen LogP contribution in [0.4, 0.5) is 0 Å². The molecular formula is C33H44N2O5. The highest BCUT2D eigenvalue weighted by Crippen LogP contribution is 2.33. The molecule has 0 aliphatic carbocycles. The molecule has 0 saturated carbocycles. The molecule has 7 nitrogen and oxygen atoms in total. The zero-order valence-electron chi connectivity index (χ0n) is 24.9. The van der Waals surface area contributed by atoms with E-state index in [0.29, 0.717) is 25.3 Å². The second-order valence-electron chi connectivity index (χ2n) is 10.5. The standard InChI is InChI=1S/C33H44N2O5/c1-7-9-17-35(18-10-8-2)33(37)29(24(5)36)19-25-11-13-27(14-12-25)39-22-26-21-34-31-16-15-28(38-6)20-30(31)32(26)40-23(3)4/h11-16,20-21,23,29H,7-10,17-19,22H2,1-6H3. The predicted molar refractivity (Wildman–Crippen MR) is 159 cm³/mol. The Morgan fingerprint density at radius 3 is 2.17 bits per heavy atom. The summed E-state index contributed by atoms with van der Waals surface area (Å²) >= 11 is 0. The van der Waals surface area contributed by atoms with E-state index in [1.807, 2.05) is 61.2 Å². The first-order chi connectivity index (χ1) is 19.3. The maximum absolute atomic E-state index is 13.3. The largest absolute Gasteiger partial charge is 0.497 e. The summed E-state index contributed by atoms with van der Waals surface area (Å²) in [6.45, 7) is 11.4. The Hall–Kier alpha value is -3.61. The Kier molecular flexibility index (Phi) is 11.8. The molecule has 0 saturated heterocycles. The van der Waals surface area contributed by atoms with Crippen molar-refractivity contribution in [2.75, 3.05) is 20.2 Å². The number of pyridine rings is 1. The third-order valence-corrected chi connectivity index (χ3v) is 6.87. The van der Waals surface area contributed by atoms with Crippen LogP contribution in [0.1, 0.15) is 71.4 Å². The number of ether oxygens (including phenoxy) is 3. The van der Waals surface area contributed by atoms with Crippen LogP contribution in [-0.4, -0.2) is 47.9 Å². The number of hydrogen-bond donors (Lipinski definition) is 0. The van der Waals surface area contributed by atoms with Crippen LogP contribution < -0.4 is 14.2 Å². The highest BCUT2D eigenvalue weighted by atomic mass is 16.5. The molecular weight excluding hydrogens is 504 g/mol. The molecule has 0 aliphatic heterocycles. The number of carbonyl (C=O) groups is 2. The van der Waals surface area contributed by atoms with Gasteiger partial charge in [-0.2, -0.15) is 0 Å². The monoisotopic (exact) mass is 548 g/mol. The number of methoxy groups -OCH3 is 1. The number of fused-ring (bicyclic) bond motifs is 1. The minimum Gasteiger partial charge on any atom is -0.497 e. The van der Waals surface area contributed by atoms with Crippen molar-refractivity contribution in [1.29, 1.82) is 0 Å². The van der Waals surface area contributed by atoms with Crippen LogP contribution in [0.3, 0.4) is 0 Å². The molecule has 1 unspecified atom stereocenters. The number of unbranched alkanes of at least 4 members (excludes halogenated alkanes) is 2. The van der Waals surface area contributed by atoms with Crippen LogP contribution in [0.2, 0.25) is 0 Å². The summed E-state index contributed by atoms with van der Waals surface area (Å²) in [5.41, 5.74) is 2.58. The number of Topliss-reactive ketones (excluding diaryl/α,β-unsaturated/α-hetero) is 1. The van der Waals surface area contributed by atoms with Gasteiger partial charge in [-0.3, -0.25) is 14.6 Å². The highest BCUT2D eigenvalue weighted by Gasteiger charge is 2.28. The van der Waals surface area contributed by atoms with Gasteiger partial charge in [-0.1, -0.05) is 38.8 Å². The Morgan fingerprint density at radius 1 is 0.950 bits per heavy atom. The van der Waals surface area contributed by atoms with Crippen molar-refractivity contribution in [2.45, 2.75) is 79.4 Å². The van der Waals surface area contributed by atoms with Crippen molar-refractivity contribution in [1.82, 2.24) is 9.88 Å². The summed E-state index contributed by atoms with van der Waals surface area (Å²) in [6.07, 6.45) is 6.05. The van der Waals surface area contributed by atoms with Crippen LogP contribution in [0.5, 0.6) is 17.2 Å². The molecule has 0 radical (unpaired) electrons. The maximum Gasteiger partial charge on any atom is 0.233 e. The van der Waals surface area contributed by atoms with Gasteiger partial charge in [0, 0.05) is 24.7 Å². The van der Waals surface area contributed by atoms with Crippen LogP contribution in [0, 0.1) is 5.92 Å². The zero-order chi connectivity index (χ0) is 29.1. The topological polar surface area (TPSA) is 78.0 Å². The molecule has 3 aromatic rings. The smallest absolute Gasteiger partial charge is 0.233 e. The molecule has 216 valence electrons. The van der Waals surface area contributed by atoms with Crippen molar-refractivity contribution in [3.63, 3.8) is 0 Å². The lowest BCUT2D eigenvalue weighted by molar-refractivity contribution is -0.140. The minimum atomic E-state index is -0.670. The van der Waals surface area contributed by atoms with Gasteiger partial charge in [-0.25, -0.2) is 0 Å². The molecule has 1 heterocycles. The van der Waals surface area contributed by atoms with Gasteiger partial charge < -0.3 is 19.1 Å². The average Bonchev–Trinajstić information content (AvgIpc) is 2.95. The molecule has 0 N–H and O–H groups in total. The molecule has 0 fully saturated rings. The van der Waals surface area contributed by atoms with E-state index in [4.69, 9.17) is 14.2 Å². The highest BCUT2D eigenvalue weighted by molar-refractivity contribution is 6.00. The normalized spacial score (nSPS) is 11.9. The number of benzene rings is 2. The lowest BCUT2D eigenvalue weighted by Gasteiger charge is -2.26. The number of aromatic nitrogens is 1. The van der Waals surface area contributed by atoms with Crippen molar-refractivity contribution in [2.24, 2.45) is 5.92 Å². The first-order valence-corrected chi connectivity index (χ1v) is 14.4. The Morgan fingerprint density at radius 2 is 1.60 bits per heavy atom. The molecule has 7 heteroatoms. The van der Waals surface area contributed by atoms with E-state index in [-0.39, 0.29) is 24.4 Å². The molecule has 0 spiro atoms. The molecule has 1 atom stereocenters. The Labute approximate surface area is 238 Å². The third kappa shape index (κ3) is 8.44. The van der Waals surface area contributed by atoms with Gasteiger partial charge in [0.2, 0.25) is 5.91 Å². The van der Waals surface area contributed by atoms with Crippen molar-refractivity contribution in [3.05, 3.63) is 59.8 Å². The van der Waals surface area contributed by atoms with Crippen molar-refractivity contribution < 1.29 is 23.8 Å². The van der Waals surface area contributed by atoms with Crippen LogP contribution >= 0.6 is 0 Å². The number of hydrogen-bond acceptors (Lipinski definition) is 6. The van der Waals surface area contributed by atoms with Gasteiger partial charge >= 0.3 is 0 Å². The average molecular weight is 549 g/mol. The number of ketones is 1. The molecule has 40 heavy (non-hydrogen) atoms. The second kappa shape index (κ2) is 15.2. The molecule has 1 aromatic heterocycles. The fourth-order valence-electron chi connectivity index (χ4n) is 4.57. The minimum absolute atomic E-state index is 0.0216. The number of amides is 1. The van der Waals surface area contributed by atoms with Gasteiger partial charge in [0.15, 0.2) is 0 Å². The third-order valence-electron chi connectivity index (χ3n) is 6.87. The van der Waals surface area contributed by atoms with Gasteiger partial charge in [0.25, 0.3) is 0 Å². The molecule has 1 amide bonds. The van der Waals surface area contributed by atoms with E-state index in [2.05, 4.69) is 18.8 Å². The van der Waals surface area contributed by atoms with E-state index in [1.54, 1.807) is 13.3 Å². The van der Waals surface area contributed by atoms with Gasteiger partial charge in [-0.15, -0.1) is 0 Å². The molecule has 0 bridgehead atoms. The van der Waals surface area contributed by atoms with Crippen LogP contribution in [-0.2, 0) is 22.6 Å². The van der Waals surface area contributed by atoms with E-state index >= 15 is 0 Å². The first-order valence-electron chi connectivity index (χ1n) is 14.4. The predicted octanol–water partition coefficient (Wildman–Crippen LogP) is 6.79. The number of nitrogens with zero attached hydrogens (tertiary/aromatic N) is 2. The SMILES string of the molecule is CCCCN(CCCC)C(=O)C(Cc1ccc(OCc2cnc3ccc(OC)cc3c2OC(C)C)cc1)C(C)=O. The maximum atomic E-state index is 13.3. The van der Waals surface area contributed by atoms with Gasteiger partial charge in [0.1, 0.15) is 35.6 Å². The first kappa shape index (κ1) is 30.9. The molecule has 3 rings (SSSR count). The van der Waals surface area contributed by atoms with Crippen molar-refractivity contribution in [3.8, 4) is 17.2 Å². The van der Waals surface area contributed by atoms with E-state index in [1.165, 1.54) is 6.92 Å². The zero-order valence-corrected chi connectivity index (χ0v) is 24.9. The van der Waals surface area contributed by atoms with E-state index < -0.39 is 5.92 Å². The van der Waals surface area contributed by atoms with Crippen LogP contribution in [0.15, 0.2) is 48.7 Å². The lowest BCUT2D eigenvalue weighted by atomic mass is 9.94. The summed E-state index contributed by atoms with van der Waals surface area (Å²) in [6, 6.07) is 13.3. The lowest BCUT2D eigenvalue weighted by Crippen LogP contribution is -2.41. The van der Waals surface area contributed by atoms with E-state index in [0.717, 1.165) is 59.2 Å². The summed E-state index contributed by atoms with van der Waals surface area (Å²) in [4.78, 5) is 32.3. The fraction of sp³-hybridized carbons (Fsp3) is 0.485. The summed E-state index contributed by atoms with van der Waals surface area (Å²) in [7, 11) is 1.64. The summed E-state index contributed by atoms with van der Waals surface area (Å²) in [5, 5.41) is 0.872. The summed E-state index contributed by atoms with van der Waals surface area (Å²) in [5.74, 6) is 1.32. The Bertz CT molecular complexity index is 1250. The van der Waals surface area contributed by atoms with Gasteiger partial charge in [-0.05, 0) is 75.9 Å². The van der Waals surface area contributed by atoms with E-state index in [9.17, 15) is 9.59 Å². The quantitative estimate of drug-likeness (QED) is 0.184. The fourth-order valence-corrected chi connectivity index (χ4v) is 4.57. The Balaban J connectivity index is 1.73. The van der Waals surface area contributed by atoms with Gasteiger partial charge in [0.05, 0.1) is 24.3 Å². The van der Waals surface area contributed by atoms with Crippen LogP contribution in [0.25, 0.3) is 10.9 Å². The molecule has 0 aliphatic rings. The number of carbonyl (C=O) groups excluding carboxylic acids is 2. The second-order valence-corrected chi connectivity index (χ2v) is 10.5. The summed E-state index contributed by atoms with van der Waals surface area (Å²) < 4.78 is 17.7.